The summed E-state index contributed by atoms with van der Waals surface area (Å²) in [5, 5.41) is -0.109. The number of benzene rings is 14. The van der Waals surface area contributed by atoms with Crippen LogP contribution in [0.3, 0.4) is 0 Å². The first-order valence-corrected chi connectivity index (χ1v) is 32.4. The molecule has 0 fully saturated rings. The highest BCUT2D eigenvalue weighted by atomic mass is 15.2. The van der Waals surface area contributed by atoms with E-state index in [9.17, 15) is 11.0 Å². The third kappa shape index (κ3) is 9.03. The SMILES string of the molecule is [2H]c1c([2H])c([2H])c(-c2ccc3c(c2)B2c4ccc(-n5c6c([2H])c([2H])c([2H])c([2H])c6c6c([2H])c([2H])c([2H])c([2H])c65)cc4N(c4c(-c5ccccc5)cc(C(C)(C)C)cc4-c4ccccc4)c4cc(-c5cccc6c5-c5ccccc5C6(C)C)cc(c42)N3c2cc(-c3ccccc3)cc(-c3ccccc3)c2)c([2H])c1[2H]. The van der Waals surface area contributed by atoms with E-state index in [1.165, 1.54) is 11.1 Å². The number of anilines is 6. The maximum absolute atomic E-state index is 9.84. The number of fused-ring (bicyclic) bond motifs is 10. The lowest BCUT2D eigenvalue weighted by Crippen LogP contribution is -2.61. The Kier molecular flexibility index (Phi) is 10.1. The first kappa shape index (κ1) is 44.2. The van der Waals surface area contributed by atoms with Crippen molar-refractivity contribution in [1.82, 2.24) is 4.57 Å². The summed E-state index contributed by atoms with van der Waals surface area (Å²) in [5.74, 6) is 0. The zero-order valence-electron chi connectivity index (χ0n) is 66.0. The topological polar surface area (TPSA) is 11.4 Å². The molecule has 0 N–H and O–H groups in total. The van der Waals surface area contributed by atoms with Gasteiger partial charge in [-0.3, -0.25) is 0 Å². The van der Waals surface area contributed by atoms with E-state index >= 15 is 0 Å². The normalized spacial score (nSPS) is 15.3. The average Bonchev–Trinajstić information content (AvgIpc) is 0.768. The largest absolute Gasteiger partial charge is 0.311 e. The molecule has 0 radical (unpaired) electrons. The highest BCUT2D eigenvalue weighted by molar-refractivity contribution is 7.00. The lowest BCUT2D eigenvalue weighted by atomic mass is 9.33. The van der Waals surface area contributed by atoms with Gasteiger partial charge in [0.2, 0.25) is 0 Å². The predicted molar refractivity (Wildman–Crippen MR) is 404 cm³/mol. The number of hydrogen-bond acceptors (Lipinski definition) is 2. The summed E-state index contributed by atoms with van der Waals surface area (Å²) in [6, 6.07) is 78.2. The van der Waals surface area contributed by atoms with Crippen LogP contribution in [0.5, 0.6) is 0 Å². The monoisotopic (exact) mass is 1230 g/mol. The van der Waals surface area contributed by atoms with Crippen molar-refractivity contribution in [3.05, 3.63) is 338 Å². The Morgan fingerprint density at radius 1 is 0.347 bits per heavy atom. The van der Waals surface area contributed by atoms with E-state index in [1.54, 1.807) is 4.57 Å². The minimum atomic E-state index is -0.755. The molecule has 3 aliphatic rings. The molecule has 0 bridgehead atoms. The molecule has 0 spiro atoms. The molecule has 0 unspecified atom stereocenters. The van der Waals surface area contributed by atoms with Crippen LogP contribution in [-0.2, 0) is 10.8 Å². The fourth-order valence-electron chi connectivity index (χ4n) is 15.3. The third-order valence-corrected chi connectivity index (χ3v) is 19.8. The van der Waals surface area contributed by atoms with Crippen LogP contribution in [-0.4, -0.2) is 11.3 Å². The van der Waals surface area contributed by atoms with Crippen LogP contribution in [0.2, 0.25) is 0 Å². The molecule has 4 heteroatoms. The summed E-state index contributed by atoms with van der Waals surface area (Å²) in [7, 11) is 0. The molecule has 95 heavy (non-hydrogen) atoms. The van der Waals surface area contributed by atoms with Crippen LogP contribution in [0.4, 0.5) is 34.1 Å². The summed E-state index contributed by atoms with van der Waals surface area (Å²) < 4.78 is 123. The van der Waals surface area contributed by atoms with E-state index in [4.69, 9.17) is 6.85 Å². The number of aromatic nitrogens is 1. The van der Waals surface area contributed by atoms with Gasteiger partial charge in [0, 0.05) is 61.4 Å². The van der Waals surface area contributed by atoms with Gasteiger partial charge in [0.05, 0.1) is 34.5 Å². The minimum absolute atomic E-state index is 0.0303. The minimum Gasteiger partial charge on any atom is -0.311 e. The summed E-state index contributed by atoms with van der Waals surface area (Å²) in [5.41, 5.74) is 21.7. The van der Waals surface area contributed by atoms with Crippen molar-refractivity contribution >= 4 is 79.0 Å². The zero-order valence-corrected chi connectivity index (χ0v) is 53.0. The summed E-state index contributed by atoms with van der Waals surface area (Å²) in [4.78, 5) is 4.70. The number of hydrogen-bond donors (Lipinski definition) is 0. The Balaban J connectivity index is 1.07. The van der Waals surface area contributed by atoms with Crippen LogP contribution < -0.4 is 26.2 Å². The van der Waals surface area contributed by atoms with E-state index in [1.807, 2.05) is 109 Å². The van der Waals surface area contributed by atoms with Crippen molar-refractivity contribution in [1.29, 1.82) is 0 Å². The molecule has 18 rings (SSSR count). The van der Waals surface area contributed by atoms with Gasteiger partial charge in [-0.1, -0.05) is 283 Å². The fraction of sp³-hybridized carbons (Fsp3) is 0.0769. The van der Waals surface area contributed by atoms with Crippen molar-refractivity contribution in [2.75, 3.05) is 9.80 Å². The summed E-state index contributed by atoms with van der Waals surface area (Å²) in [6.45, 7) is 10.5. The second-order valence-corrected chi connectivity index (χ2v) is 26.6. The lowest BCUT2D eigenvalue weighted by molar-refractivity contribution is 0.591. The van der Waals surface area contributed by atoms with Gasteiger partial charge in [-0.15, -0.1) is 0 Å². The Bertz CT molecular complexity index is 6150. The van der Waals surface area contributed by atoms with Crippen molar-refractivity contribution in [2.45, 2.75) is 45.4 Å². The van der Waals surface area contributed by atoms with Crippen LogP contribution in [0.25, 0.3) is 105 Å². The molecule has 0 saturated heterocycles. The zero-order chi connectivity index (χ0) is 75.0. The Labute approximate surface area is 575 Å². The van der Waals surface area contributed by atoms with E-state index in [2.05, 4.69) is 178 Å². The van der Waals surface area contributed by atoms with E-state index in [0.717, 1.165) is 117 Å². The summed E-state index contributed by atoms with van der Waals surface area (Å²) in [6.07, 6.45) is 0. The molecule has 1 aliphatic carbocycles. The van der Waals surface area contributed by atoms with Gasteiger partial charge >= 0.3 is 0 Å². The number of para-hydroxylation sites is 2. The standard InChI is InChI=1S/C91H68BN3/c1-90(2,3)68-56-75(62-34-17-9-18-35-62)89(76(57-68)63-36-19-10-20-37-63)95-84-58-69(93-81-44-25-22-38-72(81)73-39-23-26-45-82(73)93)47-48-79(84)92-80-53-64(59-28-11-6-12-29-59)46-49-83(80)94(70-51-65(60-30-13-7-14-31-60)50-66(52-70)61-32-15-8-16-33-61)85-54-67(55-86(95)88(85)92)71-41-27-43-78-87(71)74-40-21-24-42-77(74)91(78,4)5/h6-58H,1-5H3/i6D,11D,12D,22D,23D,25D,26D,28D,29D,38D,39D,44D,45D. The first-order valence-electron chi connectivity index (χ1n) is 38.9. The Hall–Kier alpha value is -11.5. The average molecular weight is 1230 g/mol. The van der Waals surface area contributed by atoms with Gasteiger partial charge in [0.15, 0.2) is 0 Å². The van der Waals surface area contributed by atoms with Crippen molar-refractivity contribution in [3.8, 4) is 83.6 Å². The van der Waals surface area contributed by atoms with Crippen LogP contribution >= 0.6 is 0 Å². The molecule has 15 aromatic rings. The van der Waals surface area contributed by atoms with Gasteiger partial charge in [0.1, 0.15) is 0 Å². The van der Waals surface area contributed by atoms with Crippen LogP contribution in [0, 0.1) is 0 Å². The molecule has 0 saturated carbocycles. The molecular weight excluding hydrogens is 1150 g/mol. The van der Waals surface area contributed by atoms with Crippen molar-refractivity contribution < 1.29 is 17.8 Å². The van der Waals surface area contributed by atoms with Gasteiger partial charge in [0.25, 0.3) is 6.71 Å². The highest BCUT2D eigenvalue weighted by Crippen LogP contribution is 2.56. The van der Waals surface area contributed by atoms with Gasteiger partial charge in [-0.25, -0.2) is 0 Å². The number of nitrogens with zero attached hydrogens (tertiary/aromatic N) is 3. The Morgan fingerprint density at radius 3 is 1.49 bits per heavy atom. The third-order valence-electron chi connectivity index (χ3n) is 19.8. The van der Waals surface area contributed by atoms with Gasteiger partial charge in [-0.05, 0) is 178 Å². The van der Waals surface area contributed by atoms with E-state index < -0.39 is 84.0 Å². The first-order chi connectivity index (χ1) is 51.9. The molecule has 14 aromatic carbocycles. The quantitative estimate of drug-likeness (QED) is 0.133. The summed E-state index contributed by atoms with van der Waals surface area (Å²) >= 11 is 0. The highest BCUT2D eigenvalue weighted by Gasteiger charge is 2.46. The van der Waals surface area contributed by atoms with Gasteiger partial charge in [-0.2, -0.15) is 0 Å². The smallest absolute Gasteiger partial charge is 0.252 e. The van der Waals surface area contributed by atoms with E-state index in [-0.39, 0.29) is 39.5 Å². The van der Waals surface area contributed by atoms with Gasteiger partial charge < -0.3 is 14.4 Å². The molecule has 0 amide bonds. The van der Waals surface area contributed by atoms with Crippen LogP contribution in [0.1, 0.15) is 69.1 Å². The molecule has 3 heterocycles. The lowest BCUT2D eigenvalue weighted by Gasteiger charge is -2.45. The molecule has 0 atom stereocenters. The second-order valence-electron chi connectivity index (χ2n) is 26.6. The molecule has 3 nitrogen and oxygen atoms in total. The molecular formula is C91H68BN3. The van der Waals surface area contributed by atoms with Crippen LogP contribution in [0.15, 0.2) is 321 Å². The second kappa shape index (κ2) is 21.8. The number of rotatable bonds is 9. The molecule has 1 aromatic heterocycles. The molecule has 2 aliphatic heterocycles. The van der Waals surface area contributed by atoms with Crippen molar-refractivity contribution in [3.63, 3.8) is 0 Å². The predicted octanol–water partition coefficient (Wildman–Crippen LogP) is 22.5. The Morgan fingerprint density at radius 2 is 0.884 bits per heavy atom. The molecule has 450 valence electrons. The fourth-order valence-corrected chi connectivity index (χ4v) is 15.3. The maximum atomic E-state index is 9.84. The van der Waals surface area contributed by atoms with Crippen molar-refractivity contribution in [2.24, 2.45) is 0 Å². The van der Waals surface area contributed by atoms with E-state index in [0.29, 0.717) is 16.9 Å². The maximum Gasteiger partial charge on any atom is 0.252 e.